The van der Waals surface area contributed by atoms with Gasteiger partial charge in [0.2, 0.25) is 0 Å². The summed E-state index contributed by atoms with van der Waals surface area (Å²) in [6.07, 6.45) is 8.35. The second kappa shape index (κ2) is 5.63. The fraction of sp³-hybridized carbons (Fsp3) is 0.500. The molecule has 0 bridgehead atoms. The van der Waals surface area contributed by atoms with Crippen LogP contribution in [0.15, 0.2) is 24.9 Å². The molecular formula is C12H19N5. The van der Waals surface area contributed by atoms with Crippen LogP contribution >= 0.6 is 0 Å². The molecule has 2 rings (SSSR count). The molecule has 0 amide bonds. The van der Waals surface area contributed by atoms with Crippen molar-refractivity contribution in [3.63, 3.8) is 0 Å². The van der Waals surface area contributed by atoms with E-state index in [9.17, 15) is 0 Å². The molecule has 2 heterocycles. The van der Waals surface area contributed by atoms with Crippen molar-refractivity contribution in [1.29, 1.82) is 0 Å². The molecule has 92 valence electrons. The number of H-pyrrole nitrogens is 1. The first kappa shape index (κ1) is 11.9. The molecule has 0 atom stereocenters. The fourth-order valence-corrected chi connectivity index (χ4v) is 1.79. The lowest BCUT2D eigenvalue weighted by Gasteiger charge is -2.11. The van der Waals surface area contributed by atoms with E-state index in [4.69, 9.17) is 0 Å². The van der Waals surface area contributed by atoms with E-state index in [0.717, 1.165) is 25.3 Å². The largest absolute Gasteiger partial charge is 0.349 e. The molecule has 0 unspecified atom stereocenters. The number of rotatable bonds is 6. The summed E-state index contributed by atoms with van der Waals surface area (Å²) in [5, 5.41) is 3.40. The van der Waals surface area contributed by atoms with Crippen LogP contribution in [0.2, 0.25) is 0 Å². The summed E-state index contributed by atoms with van der Waals surface area (Å²) in [4.78, 5) is 11.5. The third-order valence-electron chi connectivity index (χ3n) is 2.70. The maximum absolute atomic E-state index is 4.18. The highest BCUT2D eigenvalue weighted by molar-refractivity contribution is 4.99. The Morgan fingerprint density at radius 1 is 1.47 bits per heavy atom. The molecule has 0 saturated carbocycles. The normalized spacial score (nSPS) is 11.2. The van der Waals surface area contributed by atoms with Gasteiger partial charge in [-0.1, -0.05) is 0 Å². The van der Waals surface area contributed by atoms with Crippen molar-refractivity contribution in [2.75, 3.05) is 6.54 Å². The summed E-state index contributed by atoms with van der Waals surface area (Å²) in [6.45, 7) is 6.08. The highest BCUT2D eigenvalue weighted by Gasteiger charge is 2.04. The summed E-state index contributed by atoms with van der Waals surface area (Å²) in [5.74, 6) is 1.02. The van der Waals surface area contributed by atoms with Crippen LogP contribution in [0.4, 0.5) is 0 Å². The van der Waals surface area contributed by atoms with Gasteiger partial charge in [-0.15, -0.1) is 0 Å². The third-order valence-corrected chi connectivity index (χ3v) is 2.70. The van der Waals surface area contributed by atoms with Gasteiger partial charge in [0, 0.05) is 44.1 Å². The Morgan fingerprint density at radius 2 is 2.35 bits per heavy atom. The Kier molecular flexibility index (Phi) is 3.93. The minimum Gasteiger partial charge on any atom is -0.349 e. The topological polar surface area (TPSA) is 58.5 Å². The first-order valence-corrected chi connectivity index (χ1v) is 5.97. The van der Waals surface area contributed by atoms with E-state index in [0.29, 0.717) is 6.04 Å². The lowest BCUT2D eigenvalue weighted by molar-refractivity contribution is 0.550. The standard InChI is InChI=1S/C12H19N5/c1-10(2)17-9-14-8-11(17)7-13-4-3-12-15-5-6-16-12/h5-6,8-10,13H,3-4,7H2,1-2H3,(H,15,16). The summed E-state index contributed by atoms with van der Waals surface area (Å²) < 4.78 is 2.18. The van der Waals surface area contributed by atoms with Crippen LogP contribution in [0.5, 0.6) is 0 Å². The maximum atomic E-state index is 4.18. The van der Waals surface area contributed by atoms with Gasteiger partial charge in [0.05, 0.1) is 12.0 Å². The smallest absolute Gasteiger partial charge is 0.107 e. The van der Waals surface area contributed by atoms with Crippen molar-refractivity contribution < 1.29 is 0 Å². The van der Waals surface area contributed by atoms with Crippen LogP contribution in [-0.2, 0) is 13.0 Å². The molecule has 5 nitrogen and oxygen atoms in total. The monoisotopic (exact) mass is 233 g/mol. The van der Waals surface area contributed by atoms with E-state index in [-0.39, 0.29) is 0 Å². The van der Waals surface area contributed by atoms with Crippen LogP contribution in [0.25, 0.3) is 0 Å². The van der Waals surface area contributed by atoms with Gasteiger partial charge in [0.15, 0.2) is 0 Å². The molecule has 0 aliphatic heterocycles. The van der Waals surface area contributed by atoms with E-state index in [2.05, 4.69) is 38.7 Å². The van der Waals surface area contributed by atoms with Crippen molar-refractivity contribution in [3.8, 4) is 0 Å². The molecular weight excluding hydrogens is 214 g/mol. The van der Waals surface area contributed by atoms with Crippen molar-refractivity contribution in [2.24, 2.45) is 0 Å². The van der Waals surface area contributed by atoms with Gasteiger partial charge >= 0.3 is 0 Å². The van der Waals surface area contributed by atoms with Crippen LogP contribution in [0, 0.1) is 0 Å². The van der Waals surface area contributed by atoms with Crippen LogP contribution in [-0.4, -0.2) is 26.1 Å². The Bertz CT molecular complexity index is 429. The quantitative estimate of drug-likeness (QED) is 0.744. The number of nitrogens with zero attached hydrogens (tertiary/aromatic N) is 3. The number of nitrogens with one attached hydrogen (secondary N) is 2. The zero-order valence-electron chi connectivity index (χ0n) is 10.3. The van der Waals surface area contributed by atoms with E-state index in [1.165, 1.54) is 5.69 Å². The number of aromatic amines is 1. The molecule has 0 spiro atoms. The number of imidazole rings is 2. The number of hydrogen-bond acceptors (Lipinski definition) is 3. The molecule has 5 heteroatoms. The molecule has 2 aromatic heterocycles. The molecule has 0 radical (unpaired) electrons. The van der Waals surface area contributed by atoms with Gasteiger partial charge in [-0.05, 0) is 13.8 Å². The van der Waals surface area contributed by atoms with Crippen molar-refractivity contribution in [3.05, 3.63) is 36.4 Å². The number of aromatic nitrogens is 4. The third kappa shape index (κ3) is 3.17. The Morgan fingerprint density at radius 3 is 3.06 bits per heavy atom. The molecule has 0 aliphatic rings. The van der Waals surface area contributed by atoms with Gasteiger partial charge in [-0.25, -0.2) is 9.97 Å². The number of hydrogen-bond donors (Lipinski definition) is 2. The highest BCUT2D eigenvalue weighted by Crippen LogP contribution is 2.08. The van der Waals surface area contributed by atoms with E-state index < -0.39 is 0 Å². The second-order valence-electron chi connectivity index (χ2n) is 4.35. The van der Waals surface area contributed by atoms with Gasteiger partial charge in [0.1, 0.15) is 5.82 Å². The molecule has 2 aromatic rings. The van der Waals surface area contributed by atoms with E-state index in [1.807, 2.05) is 18.7 Å². The average molecular weight is 233 g/mol. The minimum absolute atomic E-state index is 0.458. The zero-order chi connectivity index (χ0) is 12.1. The van der Waals surface area contributed by atoms with Crippen molar-refractivity contribution in [2.45, 2.75) is 32.9 Å². The minimum atomic E-state index is 0.458. The summed E-state index contributed by atoms with van der Waals surface area (Å²) >= 11 is 0. The maximum Gasteiger partial charge on any atom is 0.107 e. The van der Waals surface area contributed by atoms with Gasteiger partial charge in [0.25, 0.3) is 0 Å². The fourth-order valence-electron chi connectivity index (χ4n) is 1.79. The molecule has 2 N–H and O–H groups in total. The zero-order valence-corrected chi connectivity index (χ0v) is 10.3. The summed E-state index contributed by atoms with van der Waals surface area (Å²) in [7, 11) is 0. The van der Waals surface area contributed by atoms with Gasteiger partial charge < -0.3 is 14.9 Å². The molecule has 0 aromatic carbocycles. The highest BCUT2D eigenvalue weighted by atomic mass is 15.1. The van der Waals surface area contributed by atoms with Crippen LogP contribution in [0.1, 0.15) is 31.4 Å². The van der Waals surface area contributed by atoms with Gasteiger partial charge in [-0.2, -0.15) is 0 Å². The Hall–Kier alpha value is -1.62. The van der Waals surface area contributed by atoms with Crippen LogP contribution in [0.3, 0.4) is 0 Å². The van der Waals surface area contributed by atoms with Crippen molar-refractivity contribution in [1.82, 2.24) is 24.8 Å². The predicted octanol–water partition coefficient (Wildman–Crippen LogP) is 1.52. The predicted molar refractivity (Wildman–Crippen MR) is 66.6 cm³/mol. The second-order valence-corrected chi connectivity index (χ2v) is 4.35. The summed E-state index contributed by atoms with van der Waals surface area (Å²) in [6, 6.07) is 0.458. The van der Waals surface area contributed by atoms with E-state index >= 15 is 0 Å². The lowest BCUT2D eigenvalue weighted by atomic mass is 10.3. The molecule has 17 heavy (non-hydrogen) atoms. The molecule has 0 saturated heterocycles. The first-order chi connectivity index (χ1) is 8.27. The SMILES string of the molecule is CC(C)n1cncc1CNCCc1ncc[nH]1. The molecule has 0 aliphatic carbocycles. The Labute approximate surface area is 101 Å². The summed E-state index contributed by atoms with van der Waals surface area (Å²) in [5.41, 5.74) is 1.22. The van der Waals surface area contributed by atoms with Crippen molar-refractivity contribution >= 4 is 0 Å². The first-order valence-electron chi connectivity index (χ1n) is 5.97. The average Bonchev–Trinajstić information content (AvgIpc) is 2.95. The van der Waals surface area contributed by atoms with Crippen LogP contribution < -0.4 is 5.32 Å². The Balaban J connectivity index is 1.76. The lowest BCUT2D eigenvalue weighted by Crippen LogP contribution is -2.19. The van der Waals surface area contributed by atoms with Gasteiger partial charge in [-0.3, -0.25) is 0 Å². The van der Waals surface area contributed by atoms with E-state index in [1.54, 1.807) is 6.20 Å². The molecule has 0 fully saturated rings.